The van der Waals surface area contributed by atoms with Gasteiger partial charge in [-0.3, -0.25) is 9.35 Å². The average molecular weight is 602 g/mol. The van der Waals surface area contributed by atoms with Crippen molar-refractivity contribution in [2.75, 3.05) is 0 Å². The Labute approximate surface area is 247 Å². The fourth-order valence-electron chi connectivity index (χ4n) is 5.37. The third kappa shape index (κ3) is 6.42. The van der Waals surface area contributed by atoms with Crippen LogP contribution in [-0.4, -0.2) is 45.9 Å². The molecule has 0 saturated carbocycles. The highest BCUT2D eigenvalue weighted by Gasteiger charge is 2.34. The smallest absolute Gasteiger partial charge is 0.337 e. The topological polar surface area (TPSA) is 159 Å². The number of nitrogens with zero attached hydrogens (tertiary/aromatic N) is 1. The largest absolute Gasteiger partial charge is 0.478 e. The van der Waals surface area contributed by atoms with Crippen molar-refractivity contribution in [2.24, 2.45) is 0 Å². The fourth-order valence-corrected chi connectivity index (χ4v) is 6.06. The quantitative estimate of drug-likeness (QED) is 0.200. The summed E-state index contributed by atoms with van der Waals surface area (Å²) in [5.41, 5.74) is 0.314. The Bertz CT molecular complexity index is 1820. The number of carbonyl (C=O) groups is 3. The second kappa shape index (κ2) is 12.1. The lowest BCUT2D eigenvalue weighted by Gasteiger charge is -2.36. The molecule has 0 saturated heterocycles. The van der Waals surface area contributed by atoms with Crippen molar-refractivity contribution in [3.63, 3.8) is 0 Å². The summed E-state index contributed by atoms with van der Waals surface area (Å²) in [4.78, 5) is 38.7. The highest BCUT2D eigenvalue weighted by molar-refractivity contribution is 7.86. The number of carboxylic acids is 2. The number of benzene rings is 4. The van der Waals surface area contributed by atoms with Crippen LogP contribution in [0.15, 0.2) is 95.9 Å². The number of ether oxygens (including phenoxy) is 1. The van der Waals surface area contributed by atoms with Gasteiger partial charge in [-0.1, -0.05) is 54.6 Å². The number of amides is 1. The number of rotatable bonds is 9. The number of carbonyl (C=O) groups excluding carboxylic acids is 1. The number of aryl methyl sites for hydroxylation is 1. The SMILES string of the molecule is O=C(O)c1cc(C(=O)O)c(S(=O)(=O)O)cc1C(=O)N(Cc1cccc(Oc2ccccc2)c1)[C@H]1CCCc2ccccc21. The zero-order chi connectivity index (χ0) is 30.7. The molecule has 5 rings (SSSR count). The second-order valence-corrected chi connectivity index (χ2v) is 11.5. The first-order chi connectivity index (χ1) is 20.5. The molecule has 0 heterocycles. The lowest BCUT2D eigenvalue weighted by molar-refractivity contribution is 0.0613. The molecule has 43 heavy (non-hydrogen) atoms. The minimum Gasteiger partial charge on any atom is -0.478 e. The standard InChI is InChI=1S/C32H27NO9S/c34-30(25-18-29(43(39,40)41)27(32(37)38)17-26(25)31(35)36)33(28-15-7-10-21-9-4-5-14-24(21)28)19-20-8-6-13-23(16-20)42-22-11-2-1-3-12-22/h1-6,8-9,11-14,16-18,28H,7,10,15,19H2,(H,35,36)(H,37,38)(H,39,40,41)/t28-/m0/s1. The predicted molar refractivity (Wildman–Crippen MR) is 155 cm³/mol. The van der Waals surface area contributed by atoms with E-state index in [0.717, 1.165) is 24.0 Å². The van der Waals surface area contributed by atoms with Crippen molar-refractivity contribution >= 4 is 28.0 Å². The molecule has 1 amide bonds. The Morgan fingerprint density at radius 3 is 2.16 bits per heavy atom. The maximum atomic E-state index is 14.3. The number of aromatic carboxylic acids is 2. The van der Waals surface area contributed by atoms with Gasteiger partial charge in [0, 0.05) is 6.54 Å². The molecule has 0 radical (unpaired) electrons. The van der Waals surface area contributed by atoms with Crippen LogP contribution in [0.2, 0.25) is 0 Å². The molecule has 10 nitrogen and oxygen atoms in total. The summed E-state index contributed by atoms with van der Waals surface area (Å²) >= 11 is 0. The fraction of sp³-hybridized carbons (Fsp3) is 0.156. The van der Waals surface area contributed by atoms with Gasteiger partial charge in [-0.05, 0) is 72.4 Å². The summed E-state index contributed by atoms with van der Waals surface area (Å²) in [6, 6.07) is 24.4. The van der Waals surface area contributed by atoms with Crippen LogP contribution in [0.25, 0.3) is 0 Å². The Hall–Kier alpha value is -5.00. The van der Waals surface area contributed by atoms with E-state index in [-0.39, 0.29) is 6.54 Å². The molecule has 4 aromatic rings. The molecule has 0 fully saturated rings. The monoisotopic (exact) mass is 601 g/mol. The minimum absolute atomic E-state index is 0.00915. The molecule has 0 bridgehead atoms. The van der Waals surface area contributed by atoms with Crippen molar-refractivity contribution in [1.29, 1.82) is 0 Å². The zero-order valence-electron chi connectivity index (χ0n) is 22.7. The molecule has 4 aromatic carbocycles. The van der Waals surface area contributed by atoms with Crippen LogP contribution in [0.4, 0.5) is 0 Å². The first-order valence-electron chi connectivity index (χ1n) is 13.4. The number of carboxylic acid groups (broad SMARTS) is 2. The van der Waals surface area contributed by atoms with Crippen molar-refractivity contribution in [2.45, 2.75) is 36.7 Å². The first-order valence-corrected chi connectivity index (χ1v) is 14.8. The summed E-state index contributed by atoms with van der Waals surface area (Å²) < 4.78 is 40.0. The van der Waals surface area contributed by atoms with Crippen LogP contribution < -0.4 is 4.74 Å². The zero-order valence-corrected chi connectivity index (χ0v) is 23.5. The second-order valence-electron chi connectivity index (χ2n) is 10.1. The molecule has 11 heteroatoms. The number of hydrogen-bond donors (Lipinski definition) is 3. The molecule has 0 spiro atoms. The van der Waals surface area contributed by atoms with Crippen LogP contribution in [0, 0.1) is 0 Å². The lowest BCUT2D eigenvalue weighted by Crippen LogP contribution is -2.37. The number of fused-ring (bicyclic) bond motifs is 1. The highest BCUT2D eigenvalue weighted by atomic mass is 32.2. The van der Waals surface area contributed by atoms with Gasteiger partial charge < -0.3 is 19.8 Å². The van der Waals surface area contributed by atoms with Gasteiger partial charge in [0.05, 0.1) is 22.7 Å². The Morgan fingerprint density at radius 2 is 1.47 bits per heavy atom. The summed E-state index contributed by atoms with van der Waals surface area (Å²) in [5.74, 6) is -3.13. The van der Waals surface area contributed by atoms with E-state index in [1.807, 2.05) is 42.5 Å². The predicted octanol–water partition coefficient (Wildman–Crippen LogP) is 5.84. The summed E-state index contributed by atoms with van der Waals surface area (Å²) in [6.45, 7) is -0.00915. The van der Waals surface area contributed by atoms with Crippen molar-refractivity contribution in [3.05, 3.63) is 124 Å². The van der Waals surface area contributed by atoms with E-state index in [1.165, 1.54) is 4.90 Å². The molecule has 3 N–H and O–H groups in total. The Kier molecular flexibility index (Phi) is 8.29. The normalized spacial score (nSPS) is 14.4. The highest BCUT2D eigenvalue weighted by Crippen LogP contribution is 2.37. The molecular formula is C32H27NO9S. The van der Waals surface area contributed by atoms with Crippen molar-refractivity contribution in [3.8, 4) is 11.5 Å². The third-order valence-corrected chi connectivity index (χ3v) is 8.19. The van der Waals surface area contributed by atoms with E-state index in [1.54, 1.807) is 36.4 Å². The molecule has 0 aromatic heterocycles. The molecule has 1 aliphatic carbocycles. The number of para-hydroxylation sites is 1. The van der Waals surface area contributed by atoms with Gasteiger partial charge in [-0.2, -0.15) is 8.42 Å². The average Bonchev–Trinajstić information content (AvgIpc) is 2.99. The first kappa shape index (κ1) is 29.5. The van der Waals surface area contributed by atoms with Crippen molar-refractivity contribution in [1.82, 2.24) is 4.90 Å². The van der Waals surface area contributed by atoms with E-state index in [2.05, 4.69) is 0 Å². The van der Waals surface area contributed by atoms with Gasteiger partial charge in [-0.15, -0.1) is 0 Å². The van der Waals surface area contributed by atoms with Crippen LogP contribution in [0.3, 0.4) is 0 Å². The maximum Gasteiger partial charge on any atom is 0.337 e. The number of hydrogen-bond acceptors (Lipinski definition) is 6. The maximum absolute atomic E-state index is 14.3. The van der Waals surface area contributed by atoms with Crippen LogP contribution in [-0.2, 0) is 23.1 Å². The van der Waals surface area contributed by atoms with Gasteiger partial charge in [0.25, 0.3) is 16.0 Å². The molecule has 1 atom stereocenters. The van der Waals surface area contributed by atoms with Crippen LogP contribution in [0.1, 0.15) is 66.6 Å². The van der Waals surface area contributed by atoms with Crippen LogP contribution in [0.5, 0.6) is 11.5 Å². The van der Waals surface area contributed by atoms with E-state index in [0.29, 0.717) is 35.6 Å². The Balaban J connectivity index is 1.63. The molecule has 1 aliphatic rings. The molecular weight excluding hydrogens is 574 g/mol. The van der Waals surface area contributed by atoms with Gasteiger partial charge >= 0.3 is 11.9 Å². The molecule has 0 unspecified atom stereocenters. The molecule has 220 valence electrons. The minimum atomic E-state index is -5.13. The van der Waals surface area contributed by atoms with Gasteiger partial charge in [0.15, 0.2) is 0 Å². The van der Waals surface area contributed by atoms with E-state index in [4.69, 9.17) is 4.74 Å². The summed E-state index contributed by atoms with van der Waals surface area (Å²) in [6.07, 6.45) is 2.07. The van der Waals surface area contributed by atoms with Crippen LogP contribution >= 0.6 is 0 Å². The molecule has 0 aliphatic heterocycles. The van der Waals surface area contributed by atoms with Gasteiger partial charge in [-0.25, -0.2) is 9.59 Å². The van der Waals surface area contributed by atoms with Crippen molar-refractivity contribution < 1.29 is 42.3 Å². The third-order valence-electron chi connectivity index (χ3n) is 7.29. The van der Waals surface area contributed by atoms with Gasteiger partial charge in [0.1, 0.15) is 16.4 Å². The van der Waals surface area contributed by atoms with E-state index in [9.17, 15) is 37.6 Å². The Morgan fingerprint density at radius 1 is 0.791 bits per heavy atom. The summed E-state index contributed by atoms with van der Waals surface area (Å²) in [5, 5.41) is 19.5. The van der Waals surface area contributed by atoms with E-state index < -0.39 is 55.6 Å². The summed E-state index contributed by atoms with van der Waals surface area (Å²) in [7, 11) is -5.13. The van der Waals surface area contributed by atoms with E-state index >= 15 is 0 Å². The lowest BCUT2D eigenvalue weighted by atomic mass is 9.86. The van der Waals surface area contributed by atoms with Gasteiger partial charge in [0.2, 0.25) is 0 Å².